The molecule has 2 rings (SSSR count). The van der Waals surface area contributed by atoms with Crippen molar-refractivity contribution in [3.8, 4) is 0 Å². The van der Waals surface area contributed by atoms with Crippen LogP contribution in [0.5, 0.6) is 0 Å². The topological polar surface area (TPSA) is 32.9 Å². The number of nitrogens with one attached hydrogen (secondary N) is 1. The molecule has 0 bridgehead atoms. The molecule has 0 amide bonds. The van der Waals surface area contributed by atoms with Gasteiger partial charge in [-0.25, -0.2) is 0 Å². The zero-order valence-electron chi connectivity index (χ0n) is 7.48. The smallest absolute Gasteiger partial charge is 0.165 e. The average Bonchev–Trinajstić information content (AvgIpc) is 2.31. The molecule has 64 valence electrons. The van der Waals surface area contributed by atoms with Gasteiger partial charge in [0.2, 0.25) is 0 Å². The summed E-state index contributed by atoms with van der Waals surface area (Å²) in [6.07, 6.45) is 3.52. The second-order valence-corrected chi connectivity index (χ2v) is 4.31. The van der Waals surface area contributed by atoms with Crippen molar-refractivity contribution in [2.24, 2.45) is 5.41 Å². The summed E-state index contributed by atoms with van der Waals surface area (Å²) in [5, 5.41) is 0. The lowest BCUT2D eigenvalue weighted by Crippen LogP contribution is -2.26. The van der Waals surface area contributed by atoms with Crippen LogP contribution in [0.25, 0.3) is 0 Å². The normalized spacial score (nSPS) is 20.7. The number of carbonyl (C=O) groups is 1. The van der Waals surface area contributed by atoms with Gasteiger partial charge in [0, 0.05) is 23.9 Å². The van der Waals surface area contributed by atoms with E-state index in [0.717, 1.165) is 17.7 Å². The van der Waals surface area contributed by atoms with Crippen LogP contribution in [-0.4, -0.2) is 10.8 Å². The third-order valence-electron chi connectivity index (χ3n) is 2.43. The molecule has 1 aromatic heterocycles. The van der Waals surface area contributed by atoms with Gasteiger partial charge in [-0.1, -0.05) is 13.8 Å². The molecule has 0 radical (unpaired) electrons. The Morgan fingerprint density at radius 2 is 2.17 bits per heavy atom. The van der Waals surface area contributed by atoms with Crippen LogP contribution in [0.1, 0.15) is 36.3 Å². The molecule has 1 aliphatic carbocycles. The Balaban J connectivity index is 2.45. The summed E-state index contributed by atoms with van der Waals surface area (Å²) in [6, 6.07) is 1.88. The first-order valence-corrected chi connectivity index (χ1v) is 4.28. The monoisotopic (exact) mass is 163 g/mol. The molecule has 0 atom stereocenters. The van der Waals surface area contributed by atoms with Gasteiger partial charge < -0.3 is 4.98 Å². The molecule has 0 fully saturated rings. The number of H-pyrrole nitrogens is 1. The van der Waals surface area contributed by atoms with E-state index in [9.17, 15) is 4.79 Å². The van der Waals surface area contributed by atoms with E-state index in [1.165, 1.54) is 0 Å². The molecular weight excluding hydrogens is 150 g/mol. The van der Waals surface area contributed by atoms with E-state index in [-0.39, 0.29) is 11.2 Å². The van der Waals surface area contributed by atoms with E-state index in [1.807, 2.05) is 12.3 Å². The molecule has 0 aromatic carbocycles. The predicted molar refractivity (Wildman–Crippen MR) is 47.2 cm³/mol. The Kier molecular flexibility index (Phi) is 1.40. The Bertz CT molecular complexity index is 322. The molecule has 1 aliphatic rings. The summed E-state index contributed by atoms with van der Waals surface area (Å²) in [7, 11) is 0. The van der Waals surface area contributed by atoms with Crippen molar-refractivity contribution in [3.63, 3.8) is 0 Å². The average molecular weight is 163 g/mol. The maximum absolute atomic E-state index is 11.5. The highest BCUT2D eigenvalue weighted by Crippen LogP contribution is 2.33. The van der Waals surface area contributed by atoms with Crippen molar-refractivity contribution >= 4 is 5.78 Å². The minimum atomic E-state index is 0.134. The van der Waals surface area contributed by atoms with Crippen LogP contribution in [0, 0.1) is 5.41 Å². The van der Waals surface area contributed by atoms with Gasteiger partial charge in [-0.3, -0.25) is 4.79 Å². The highest BCUT2D eigenvalue weighted by molar-refractivity contribution is 5.98. The summed E-state index contributed by atoms with van der Waals surface area (Å²) in [4.78, 5) is 14.7. The molecule has 1 aromatic rings. The Labute approximate surface area is 72.0 Å². The molecule has 1 N–H and O–H groups in total. The summed E-state index contributed by atoms with van der Waals surface area (Å²) >= 11 is 0. The molecule has 0 unspecified atom stereocenters. The zero-order valence-corrected chi connectivity index (χ0v) is 7.48. The Hall–Kier alpha value is -1.05. The van der Waals surface area contributed by atoms with Crippen LogP contribution in [0.3, 0.4) is 0 Å². The molecule has 2 heteroatoms. The van der Waals surface area contributed by atoms with Gasteiger partial charge in [0.15, 0.2) is 5.78 Å². The number of carbonyl (C=O) groups excluding carboxylic acids is 1. The lowest BCUT2D eigenvalue weighted by atomic mass is 9.76. The Morgan fingerprint density at radius 3 is 2.92 bits per heavy atom. The van der Waals surface area contributed by atoms with Crippen molar-refractivity contribution in [2.75, 3.05) is 0 Å². The number of rotatable bonds is 0. The van der Waals surface area contributed by atoms with E-state index in [4.69, 9.17) is 0 Å². The lowest BCUT2D eigenvalue weighted by Gasteiger charge is -2.27. The van der Waals surface area contributed by atoms with E-state index >= 15 is 0 Å². The summed E-state index contributed by atoms with van der Waals surface area (Å²) in [5.74, 6) is 0.280. The number of Topliss-reactive ketones (excluding diaryl/α,β-unsaturated/α-hetero) is 1. The fraction of sp³-hybridized carbons (Fsp3) is 0.500. The molecule has 12 heavy (non-hydrogen) atoms. The van der Waals surface area contributed by atoms with E-state index < -0.39 is 0 Å². The number of hydrogen-bond donors (Lipinski definition) is 1. The summed E-state index contributed by atoms with van der Waals surface area (Å²) in [6.45, 7) is 4.27. The van der Waals surface area contributed by atoms with Crippen LogP contribution in [-0.2, 0) is 6.42 Å². The van der Waals surface area contributed by atoms with Crippen molar-refractivity contribution in [1.29, 1.82) is 0 Å². The van der Waals surface area contributed by atoms with Gasteiger partial charge in [0.05, 0.1) is 0 Å². The van der Waals surface area contributed by atoms with Crippen LogP contribution in [0.15, 0.2) is 12.3 Å². The number of hydrogen-bond acceptors (Lipinski definition) is 1. The number of aromatic amines is 1. The molecule has 0 saturated heterocycles. The SMILES string of the molecule is CC1(C)CC(=O)c2cc[nH]c2C1. The van der Waals surface area contributed by atoms with Gasteiger partial charge in [-0.2, -0.15) is 0 Å². The largest absolute Gasteiger partial charge is 0.364 e. The van der Waals surface area contributed by atoms with Crippen LogP contribution in [0.4, 0.5) is 0 Å². The third kappa shape index (κ3) is 1.07. The van der Waals surface area contributed by atoms with Gasteiger partial charge in [-0.15, -0.1) is 0 Å². The molecular formula is C10H13NO. The maximum Gasteiger partial charge on any atom is 0.165 e. The third-order valence-corrected chi connectivity index (χ3v) is 2.43. The number of aromatic nitrogens is 1. The van der Waals surface area contributed by atoms with Gasteiger partial charge in [0.25, 0.3) is 0 Å². The fourth-order valence-corrected chi connectivity index (χ4v) is 1.88. The van der Waals surface area contributed by atoms with Gasteiger partial charge in [0.1, 0.15) is 0 Å². The summed E-state index contributed by atoms with van der Waals surface area (Å²) in [5.41, 5.74) is 2.14. The van der Waals surface area contributed by atoms with Crippen LogP contribution in [0.2, 0.25) is 0 Å². The molecule has 1 heterocycles. The highest BCUT2D eigenvalue weighted by Gasteiger charge is 2.31. The summed E-state index contributed by atoms with van der Waals surface area (Å²) < 4.78 is 0. The fourth-order valence-electron chi connectivity index (χ4n) is 1.88. The lowest BCUT2D eigenvalue weighted by molar-refractivity contribution is 0.0912. The Morgan fingerprint density at radius 1 is 1.42 bits per heavy atom. The van der Waals surface area contributed by atoms with Gasteiger partial charge in [-0.05, 0) is 17.9 Å². The van der Waals surface area contributed by atoms with E-state index in [2.05, 4.69) is 18.8 Å². The highest BCUT2D eigenvalue weighted by atomic mass is 16.1. The maximum atomic E-state index is 11.5. The molecule has 0 saturated carbocycles. The first-order chi connectivity index (χ1) is 5.58. The quantitative estimate of drug-likeness (QED) is 0.624. The van der Waals surface area contributed by atoms with Crippen molar-refractivity contribution in [3.05, 3.63) is 23.5 Å². The van der Waals surface area contributed by atoms with Crippen LogP contribution < -0.4 is 0 Å². The van der Waals surface area contributed by atoms with Crippen molar-refractivity contribution in [1.82, 2.24) is 4.98 Å². The van der Waals surface area contributed by atoms with E-state index in [1.54, 1.807) is 0 Å². The molecule has 0 aliphatic heterocycles. The first-order valence-electron chi connectivity index (χ1n) is 4.28. The minimum absolute atomic E-state index is 0.134. The first kappa shape index (κ1) is 7.59. The van der Waals surface area contributed by atoms with E-state index in [0.29, 0.717) is 6.42 Å². The second kappa shape index (κ2) is 2.22. The van der Waals surface area contributed by atoms with Crippen molar-refractivity contribution in [2.45, 2.75) is 26.7 Å². The minimum Gasteiger partial charge on any atom is -0.364 e. The van der Waals surface area contributed by atoms with Crippen molar-refractivity contribution < 1.29 is 4.79 Å². The predicted octanol–water partition coefficient (Wildman–Crippen LogP) is 2.17. The molecule has 0 spiro atoms. The number of fused-ring (bicyclic) bond motifs is 1. The second-order valence-electron chi connectivity index (χ2n) is 4.31. The standard InChI is InChI=1S/C10H13NO/c1-10(2)5-8-7(3-4-11-8)9(12)6-10/h3-4,11H,5-6H2,1-2H3. The van der Waals surface area contributed by atoms with Crippen LogP contribution >= 0.6 is 0 Å². The zero-order chi connectivity index (χ0) is 8.77. The van der Waals surface area contributed by atoms with Gasteiger partial charge >= 0.3 is 0 Å². The molecule has 2 nitrogen and oxygen atoms in total. The number of ketones is 1.